The second kappa shape index (κ2) is 5.19. The zero-order valence-corrected chi connectivity index (χ0v) is 10.0. The lowest BCUT2D eigenvalue weighted by atomic mass is 10.1. The molecule has 1 aliphatic heterocycles. The predicted octanol–water partition coefficient (Wildman–Crippen LogP) is 1.33. The van der Waals surface area contributed by atoms with E-state index in [2.05, 4.69) is 5.32 Å². The second-order valence-corrected chi connectivity index (χ2v) is 4.34. The molecule has 4 heteroatoms. The third kappa shape index (κ3) is 2.58. The lowest BCUT2D eigenvalue weighted by molar-refractivity contribution is 0.0474. The Kier molecular flexibility index (Phi) is 3.64. The second-order valence-electron chi connectivity index (χ2n) is 4.34. The van der Waals surface area contributed by atoms with Gasteiger partial charge in [0.25, 0.3) is 5.91 Å². The molecule has 0 radical (unpaired) electrons. The molecule has 0 aromatic heterocycles. The largest absolute Gasteiger partial charge is 0.391 e. The molecule has 1 amide bonds. The molecule has 4 nitrogen and oxygen atoms in total. The van der Waals surface area contributed by atoms with Gasteiger partial charge in [0.15, 0.2) is 0 Å². The number of piperidine rings is 1. The fourth-order valence-corrected chi connectivity index (χ4v) is 2.20. The van der Waals surface area contributed by atoms with E-state index in [4.69, 9.17) is 0 Å². The van der Waals surface area contributed by atoms with Gasteiger partial charge in [-0.15, -0.1) is 0 Å². The van der Waals surface area contributed by atoms with Gasteiger partial charge in [0.2, 0.25) is 0 Å². The Bertz CT molecular complexity index is 406. The van der Waals surface area contributed by atoms with Gasteiger partial charge in [-0.1, -0.05) is 12.1 Å². The average molecular weight is 234 g/mol. The summed E-state index contributed by atoms with van der Waals surface area (Å²) in [5.41, 5.74) is 1.50. The summed E-state index contributed by atoms with van der Waals surface area (Å²) >= 11 is 0. The van der Waals surface area contributed by atoms with Gasteiger partial charge in [0.05, 0.1) is 11.7 Å². The van der Waals surface area contributed by atoms with Crippen molar-refractivity contribution in [3.05, 3.63) is 29.8 Å². The molecule has 92 valence electrons. The number of anilines is 1. The first-order chi connectivity index (χ1) is 8.22. The van der Waals surface area contributed by atoms with Gasteiger partial charge in [-0.2, -0.15) is 0 Å². The summed E-state index contributed by atoms with van der Waals surface area (Å²) in [4.78, 5) is 14.0. The lowest BCUT2D eigenvalue weighted by Crippen LogP contribution is -2.42. The molecule has 2 rings (SSSR count). The van der Waals surface area contributed by atoms with E-state index in [0.717, 1.165) is 25.1 Å². The normalized spacial score (nSPS) is 20.1. The van der Waals surface area contributed by atoms with Crippen LogP contribution >= 0.6 is 0 Å². The monoisotopic (exact) mass is 234 g/mol. The molecule has 0 bridgehead atoms. The number of hydrogen-bond donors (Lipinski definition) is 2. The number of aliphatic hydroxyl groups is 1. The first-order valence-electron chi connectivity index (χ1n) is 5.96. The highest BCUT2D eigenvalue weighted by Crippen LogP contribution is 2.19. The molecule has 0 spiro atoms. The van der Waals surface area contributed by atoms with Gasteiger partial charge in [-0.25, -0.2) is 0 Å². The lowest BCUT2D eigenvalue weighted by Gasteiger charge is -2.30. The van der Waals surface area contributed by atoms with Crippen LogP contribution in [-0.4, -0.2) is 42.2 Å². The number of nitrogens with zero attached hydrogens (tertiary/aromatic N) is 1. The molecule has 0 saturated carbocycles. The Labute approximate surface area is 101 Å². The molecule has 2 N–H and O–H groups in total. The maximum atomic E-state index is 12.3. The van der Waals surface area contributed by atoms with E-state index in [1.807, 2.05) is 24.3 Å². The predicted molar refractivity (Wildman–Crippen MR) is 67.1 cm³/mol. The molecule has 1 aromatic rings. The van der Waals surface area contributed by atoms with Crippen LogP contribution in [0.4, 0.5) is 5.69 Å². The summed E-state index contributed by atoms with van der Waals surface area (Å²) in [6, 6.07) is 7.45. The van der Waals surface area contributed by atoms with Crippen molar-refractivity contribution in [1.82, 2.24) is 4.90 Å². The van der Waals surface area contributed by atoms with E-state index < -0.39 is 0 Å². The summed E-state index contributed by atoms with van der Waals surface area (Å²) in [5.74, 6) is -0.00583. The van der Waals surface area contributed by atoms with Crippen LogP contribution in [-0.2, 0) is 0 Å². The highest BCUT2D eigenvalue weighted by atomic mass is 16.3. The first-order valence-corrected chi connectivity index (χ1v) is 5.96. The van der Waals surface area contributed by atoms with Gasteiger partial charge in [0.1, 0.15) is 0 Å². The van der Waals surface area contributed by atoms with E-state index in [1.54, 1.807) is 11.9 Å². The summed E-state index contributed by atoms with van der Waals surface area (Å²) in [6.45, 7) is 1.17. The smallest absolute Gasteiger partial charge is 0.256 e. The van der Waals surface area contributed by atoms with E-state index in [9.17, 15) is 9.90 Å². The van der Waals surface area contributed by atoms with Crippen molar-refractivity contribution in [2.24, 2.45) is 0 Å². The number of amides is 1. The molecule has 1 saturated heterocycles. The Morgan fingerprint density at radius 2 is 2.24 bits per heavy atom. The Hall–Kier alpha value is -1.55. The minimum atomic E-state index is -0.380. The van der Waals surface area contributed by atoms with Gasteiger partial charge in [0, 0.05) is 25.8 Å². The molecule has 1 fully saturated rings. The van der Waals surface area contributed by atoms with E-state index in [0.29, 0.717) is 12.1 Å². The molecule has 0 aliphatic carbocycles. The van der Waals surface area contributed by atoms with Crippen molar-refractivity contribution >= 4 is 11.6 Å². The fraction of sp³-hybridized carbons (Fsp3) is 0.462. The number of carbonyl (C=O) groups is 1. The van der Waals surface area contributed by atoms with Crippen molar-refractivity contribution < 1.29 is 9.90 Å². The number of β-amino-alcohol motifs (C(OH)–C–C–N with tert-alkyl or cyclic N) is 1. The molecule has 17 heavy (non-hydrogen) atoms. The van der Waals surface area contributed by atoms with Crippen LogP contribution in [0.15, 0.2) is 24.3 Å². The van der Waals surface area contributed by atoms with Crippen LogP contribution in [0.3, 0.4) is 0 Å². The number of nitrogens with one attached hydrogen (secondary N) is 1. The molecular weight excluding hydrogens is 216 g/mol. The fourth-order valence-electron chi connectivity index (χ4n) is 2.20. The Morgan fingerprint density at radius 3 is 2.94 bits per heavy atom. The van der Waals surface area contributed by atoms with Crippen molar-refractivity contribution in [2.75, 3.05) is 25.5 Å². The van der Waals surface area contributed by atoms with E-state index >= 15 is 0 Å². The topological polar surface area (TPSA) is 52.6 Å². The number of hydrogen-bond acceptors (Lipinski definition) is 3. The van der Waals surface area contributed by atoms with Gasteiger partial charge in [-0.3, -0.25) is 4.79 Å². The number of benzene rings is 1. The summed E-state index contributed by atoms with van der Waals surface area (Å²) in [5, 5.41) is 12.6. The molecule has 1 aliphatic rings. The standard InChI is InChI=1S/C13H18N2O2/c1-14-12-7-3-2-6-11(12)13(17)15-8-4-5-10(16)9-15/h2-3,6-7,10,14,16H,4-5,8-9H2,1H3/t10-/m0/s1. The van der Waals surface area contributed by atoms with Gasteiger partial charge < -0.3 is 15.3 Å². The van der Waals surface area contributed by atoms with E-state index in [-0.39, 0.29) is 12.0 Å². The molecule has 1 atom stereocenters. The van der Waals surface area contributed by atoms with Crippen LogP contribution in [0.1, 0.15) is 23.2 Å². The van der Waals surface area contributed by atoms with Crippen LogP contribution in [0.5, 0.6) is 0 Å². The number of para-hydroxylation sites is 1. The zero-order chi connectivity index (χ0) is 12.3. The third-order valence-corrected chi connectivity index (χ3v) is 3.11. The number of carbonyl (C=O) groups excluding carboxylic acids is 1. The minimum absolute atomic E-state index is 0.00583. The molecule has 0 unspecified atom stereocenters. The number of aliphatic hydroxyl groups excluding tert-OH is 1. The quantitative estimate of drug-likeness (QED) is 0.811. The van der Waals surface area contributed by atoms with Crippen molar-refractivity contribution in [2.45, 2.75) is 18.9 Å². The summed E-state index contributed by atoms with van der Waals surface area (Å²) in [6.07, 6.45) is 1.28. The average Bonchev–Trinajstić information content (AvgIpc) is 2.38. The zero-order valence-electron chi connectivity index (χ0n) is 10.0. The minimum Gasteiger partial charge on any atom is -0.391 e. The van der Waals surface area contributed by atoms with Gasteiger partial charge >= 0.3 is 0 Å². The Morgan fingerprint density at radius 1 is 1.47 bits per heavy atom. The molecular formula is C13H18N2O2. The van der Waals surface area contributed by atoms with Crippen LogP contribution in [0.25, 0.3) is 0 Å². The number of likely N-dealkylation sites (tertiary alicyclic amines) is 1. The van der Waals surface area contributed by atoms with Crippen LogP contribution < -0.4 is 5.32 Å². The highest BCUT2D eigenvalue weighted by molar-refractivity contribution is 5.99. The molecule has 1 aromatic carbocycles. The summed E-state index contributed by atoms with van der Waals surface area (Å²) < 4.78 is 0. The van der Waals surface area contributed by atoms with Gasteiger partial charge in [-0.05, 0) is 25.0 Å². The Balaban J connectivity index is 2.18. The maximum Gasteiger partial charge on any atom is 0.256 e. The highest BCUT2D eigenvalue weighted by Gasteiger charge is 2.24. The SMILES string of the molecule is CNc1ccccc1C(=O)N1CCC[C@H](O)C1. The third-order valence-electron chi connectivity index (χ3n) is 3.11. The first kappa shape index (κ1) is 11.9. The van der Waals surface area contributed by atoms with Crippen LogP contribution in [0.2, 0.25) is 0 Å². The van der Waals surface area contributed by atoms with Crippen LogP contribution in [0, 0.1) is 0 Å². The van der Waals surface area contributed by atoms with E-state index in [1.165, 1.54) is 0 Å². The number of rotatable bonds is 2. The summed E-state index contributed by atoms with van der Waals surface area (Å²) in [7, 11) is 1.80. The maximum absolute atomic E-state index is 12.3. The molecule has 1 heterocycles. The van der Waals surface area contributed by atoms with Crippen molar-refractivity contribution in [1.29, 1.82) is 0 Å². The van der Waals surface area contributed by atoms with Crippen molar-refractivity contribution in [3.8, 4) is 0 Å². The van der Waals surface area contributed by atoms with Crippen molar-refractivity contribution in [3.63, 3.8) is 0 Å².